The van der Waals surface area contributed by atoms with Gasteiger partial charge in [0, 0.05) is 6.42 Å². The van der Waals surface area contributed by atoms with E-state index in [0.29, 0.717) is 25.9 Å². The first-order valence-corrected chi connectivity index (χ1v) is 7.72. The van der Waals surface area contributed by atoms with E-state index in [9.17, 15) is 9.59 Å². The first-order valence-electron chi connectivity index (χ1n) is 7.72. The van der Waals surface area contributed by atoms with Crippen molar-refractivity contribution in [3.63, 3.8) is 0 Å². The summed E-state index contributed by atoms with van der Waals surface area (Å²) in [5.41, 5.74) is 3.09. The molecule has 116 valence electrons. The topological polar surface area (TPSA) is 52.6 Å². The largest absolute Gasteiger partial charge is 0.497 e. The van der Waals surface area contributed by atoms with Crippen LogP contribution in [0.15, 0.2) is 24.3 Å². The number of ketones is 1. The Morgan fingerprint density at radius 3 is 2.91 bits per heavy atom. The number of hydrogen-bond acceptors (Lipinski definition) is 4. The summed E-state index contributed by atoms with van der Waals surface area (Å²) in [6.07, 6.45) is 3.58. The van der Waals surface area contributed by atoms with Crippen LogP contribution in [-0.2, 0) is 20.7 Å². The van der Waals surface area contributed by atoms with Crippen molar-refractivity contribution < 1.29 is 19.1 Å². The van der Waals surface area contributed by atoms with Gasteiger partial charge in [-0.2, -0.15) is 0 Å². The van der Waals surface area contributed by atoms with Crippen LogP contribution in [0.1, 0.15) is 30.9 Å². The van der Waals surface area contributed by atoms with Crippen LogP contribution in [0.25, 0.3) is 5.57 Å². The molecule has 0 amide bonds. The molecule has 0 unspecified atom stereocenters. The standard InChI is InChI=1S/C18H20O4/c1-3-22-18(20)17-8-11-4-6-13(21-2)10-15(11)16-9-12(19)5-7-14(16)17/h4,6,9-10,14,17H,3,5,7-8H2,1-2H3/t14-,17-/m0/s1. The van der Waals surface area contributed by atoms with Gasteiger partial charge in [-0.15, -0.1) is 0 Å². The van der Waals surface area contributed by atoms with Gasteiger partial charge in [-0.1, -0.05) is 6.07 Å². The molecule has 0 aromatic heterocycles. The molecule has 22 heavy (non-hydrogen) atoms. The Bertz CT molecular complexity index is 644. The number of hydrogen-bond donors (Lipinski definition) is 0. The average Bonchev–Trinajstić information content (AvgIpc) is 2.53. The Labute approximate surface area is 130 Å². The van der Waals surface area contributed by atoms with Crippen LogP contribution < -0.4 is 4.74 Å². The molecule has 2 aliphatic carbocycles. The van der Waals surface area contributed by atoms with Gasteiger partial charge in [-0.05, 0) is 60.6 Å². The van der Waals surface area contributed by atoms with E-state index in [1.165, 1.54) is 0 Å². The van der Waals surface area contributed by atoms with Crippen LogP contribution in [0.3, 0.4) is 0 Å². The van der Waals surface area contributed by atoms with Crippen molar-refractivity contribution in [1.82, 2.24) is 0 Å². The number of ether oxygens (including phenoxy) is 2. The molecule has 0 bridgehead atoms. The molecule has 4 heteroatoms. The monoisotopic (exact) mass is 300 g/mol. The summed E-state index contributed by atoms with van der Waals surface area (Å²) in [5.74, 6) is 0.612. The second-order valence-corrected chi connectivity index (χ2v) is 5.80. The highest BCUT2D eigenvalue weighted by molar-refractivity contribution is 6.00. The number of esters is 1. The van der Waals surface area contributed by atoms with Crippen molar-refractivity contribution in [3.05, 3.63) is 35.4 Å². The fourth-order valence-corrected chi connectivity index (χ4v) is 3.51. The van der Waals surface area contributed by atoms with Crippen molar-refractivity contribution in [2.24, 2.45) is 11.8 Å². The van der Waals surface area contributed by atoms with Crippen molar-refractivity contribution in [3.8, 4) is 5.75 Å². The fourth-order valence-electron chi connectivity index (χ4n) is 3.51. The highest BCUT2D eigenvalue weighted by atomic mass is 16.5. The minimum Gasteiger partial charge on any atom is -0.497 e. The lowest BCUT2D eigenvalue weighted by Gasteiger charge is -2.36. The Balaban J connectivity index is 2.06. The van der Waals surface area contributed by atoms with E-state index in [0.717, 1.165) is 22.4 Å². The SMILES string of the molecule is CCOC(=O)[C@H]1Cc2ccc(OC)cc2C2=CC(=O)CC[C@@H]21. The lowest BCUT2D eigenvalue weighted by atomic mass is 9.68. The molecule has 3 rings (SSSR count). The van der Waals surface area contributed by atoms with Crippen LogP contribution in [0, 0.1) is 11.8 Å². The number of carbonyl (C=O) groups is 2. The molecule has 0 radical (unpaired) electrons. The summed E-state index contributed by atoms with van der Waals surface area (Å²) in [4.78, 5) is 24.2. The smallest absolute Gasteiger partial charge is 0.309 e. The molecule has 0 fully saturated rings. The number of rotatable bonds is 3. The third-order valence-corrected chi connectivity index (χ3v) is 4.56. The predicted octanol–water partition coefficient (Wildman–Crippen LogP) is 2.79. The van der Waals surface area contributed by atoms with Gasteiger partial charge in [0.2, 0.25) is 0 Å². The molecular formula is C18H20O4. The van der Waals surface area contributed by atoms with Crippen LogP contribution in [-0.4, -0.2) is 25.5 Å². The Morgan fingerprint density at radius 2 is 2.18 bits per heavy atom. The van der Waals surface area contributed by atoms with Gasteiger partial charge in [-0.3, -0.25) is 9.59 Å². The van der Waals surface area contributed by atoms with Crippen molar-refractivity contribution in [2.45, 2.75) is 26.2 Å². The van der Waals surface area contributed by atoms with Crippen LogP contribution >= 0.6 is 0 Å². The van der Waals surface area contributed by atoms with Gasteiger partial charge in [0.25, 0.3) is 0 Å². The van der Waals surface area contributed by atoms with E-state index in [1.54, 1.807) is 13.2 Å². The molecule has 1 aromatic rings. The van der Waals surface area contributed by atoms with E-state index in [-0.39, 0.29) is 23.6 Å². The third kappa shape index (κ3) is 2.54. The first-order chi connectivity index (χ1) is 10.6. The molecule has 0 N–H and O–H groups in total. The number of allylic oxidation sites excluding steroid dienone is 2. The van der Waals surface area contributed by atoms with E-state index in [4.69, 9.17) is 9.47 Å². The lowest BCUT2D eigenvalue weighted by Crippen LogP contribution is -2.34. The van der Waals surface area contributed by atoms with Crippen molar-refractivity contribution in [1.29, 1.82) is 0 Å². The predicted molar refractivity (Wildman–Crippen MR) is 82.5 cm³/mol. The number of methoxy groups -OCH3 is 1. The molecule has 0 saturated heterocycles. The average molecular weight is 300 g/mol. The minimum absolute atomic E-state index is 0.0661. The van der Waals surface area contributed by atoms with Gasteiger partial charge in [-0.25, -0.2) is 0 Å². The van der Waals surface area contributed by atoms with Gasteiger partial charge in [0.05, 0.1) is 19.6 Å². The summed E-state index contributed by atoms with van der Waals surface area (Å²) >= 11 is 0. The lowest BCUT2D eigenvalue weighted by molar-refractivity contribution is -0.149. The van der Waals surface area contributed by atoms with Gasteiger partial charge in [0.1, 0.15) is 5.75 Å². The van der Waals surface area contributed by atoms with Gasteiger partial charge >= 0.3 is 5.97 Å². The summed E-state index contributed by atoms with van der Waals surface area (Å²) in [6, 6.07) is 5.84. The first kappa shape index (κ1) is 14.8. The molecule has 2 atom stereocenters. The summed E-state index contributed by atoms with van der Waals surface area (Å²) in [6.45, 7) is 2.20. The normalized spacial score (nSPS) is 23.2. The molecule has 2 aliphatic rings. The maximum atomic E-state index is 12.3. The number of benzene rings is 1. The van der Waals surface area contributed by atoms with E-state index in [2.05, 4.69) is 0 Å². The Kier molecular flexibility index (Phi) is 4.01. The summed E-state index contributed by atoms with van der Waals surface area (Å²) in [5, 5.41) is 0. The maximum absolute atomic E-state index is 12.3. The number of fused-ring (bicyclic) bond motifs is 3. The molecular weight excluding hydrogens is 280 g/mol. The van der Waals surface area contributed by atoms with E-state index in [1.807, 2.05) is 25.1 Å². The van der Waals surface area contributed by atoms with Crippen molar-refractivity contribution >= 4 is 17.3 Å². The molecule has 0 saturated carbocycles. The summed E-state index contributed by atoms with van der Waals surface area (Å²) < 4.78 is 10.5. The molecule has 1 aromatic carbocycles. The molecule has 0 heterocycles. The number of carbonyl (C=O) groups excluding carboxylic acids is 2. The van der Waals surface area contributed by atoms with Crippen LogP contribution in [0.2, 0.25) is 0 Å². The van der Waals surface area contributed by atoms with E-state index >= 15 is 0 Å². The molecule has 0 aliphatic heterocycles. The molecule has 4 nitrogen and oxygen atoms in total. The summed E-state index contributed by atoms with van der Waals surface area (Å²) in [7, 11) is 1.63. The van der Waals surface area contributed by atoms with E-state index < -0.39 is 0 Å². The Morgan fingerprint density at radius 1 is 1.36 bits per heavy atom. The highest BCUT2D eigenvalue weighted by Gasteiger charge is 2.39. The van der Waals surface area contributed by atoms with Gasteiger partial charge in [0.15, 0.2) is 5.78 Å². The minimum atomic E-state index is -0.194. The third-order valence-electron chi connectivity index (χ3n) is 4.56. The zero-order valence-corrected chi connectivity index (χ0v) is 12.9. The van der Waals surface area contributed by atoms with Crippen LogP contribution in [0.5, 0.6) is 5.75 Å². The zero-order valence-electron chi connectivity index (χ0n) is 12.9. The van der Waals surface area contributed by atoms with Crippen LogP contribution in [0.4, 0.5) is 0 Å². The Hall–Kier alpha value is -2.10. The highest BCUT2D eigenvalue weighted by Crippen LogP contribution is 2.45. The van der Waals surface area contributed by atoms with Crippen molar-refractivity contribution in [2.75, 3.05) is 13.7 Å². The fraction of sp³-hybridized carbons (Fsp3) is 0.444. The zero-order chi connectivity index (χ0) is 15.7. The quantitative estimate of drug-likeness (QED) is 0.806. The second kappa shape index (κ2) is 5.95. The molecule has 0 spiro atoms. The second-order valence-electron chi connectivity index (χ2n) is 5.80. The van der Waals surface area contributed by atoms with Gasteiger partial charge < -0.3 is 9.47 Å². The maximum Gasteiger partial charge on any atom is 0.309 e.